The highest BCUT2D eigenvalue weighted by Gasteiger charge is 2.33. The smallest absolute Gasteiger partial charge is 0.288 e. The van der Waals surface area contributed by atoms with Gasteiger partial charge in [0.15, 0.2) is 0 Å². The topological polar surface area (TPSA) is 95.8 Å². The average Bonchev–Trinajstić information content (AvgIpc) is 2.59. The number of hydrogen-bond donors (Lipinski definition) is 2. The van der Waals surface area contributed by atoms with Gasteiger partial charge in [-0.2, -0.15) is 26.7 Å². The molecule has 0 fully saturated rings. The number of nitrogens with one attached hydrogen (secondary N) is 1. The van der Waals surface area contributed by atoms with Gasteiger partial charge in [-0.1, -0.05) is 30.4 Å². The van der Waals surface area contributed by atoms with E-state index in [0.29, 0.717) is 18.2 Å². The molecule has 27 heavy (non-hydrogen) atoms. The Labute approximate surface area is 152 Å². The Hall–Kier alpha value is -2.72. The van der Waals surface area contributed by atoms with Crippen molar-refractivity contribution in [2.45, 2.75) is 11.1 Å². The van der Waals surface area contributed by atoms with Crippen LogP contribution >= 0.6 is 0 Å². The number of fused-ring (bicyclic) bond motifs is 1. The van der Waals surface area contributed by atoms with Gasteiger partial charge < -0.3 is 0 Å². The van der Waals surface area contributed by atoms with Crippen LogP contribution < -0.4 is 5.43 Å². The van der Waals surface area contributed by atoms with Gasteiger partial charge in [0, 0.05) is 11.8 Å². The summed E-state index contributed by atoms with van der Waals surface area (Å²) in [6.07, 6.45) is 5.28. The van der Waals surface area contributed by atoms with E-state index < -0.39 is 44.1 Å². The van der Waals surface area contributed by atoms with Gasteiger partial charge in [0.25, 0.3) is 10.1 Å². The zero-order valence-corrected chi connectivity index (χ0v) is 14.3. The number of carbonyl (C=O) groups is 1. The van der Waals surface area contributed by atoms with E-state index in [2.05, 4.69) is 10.5 Å². The van der Waals surface area contributed by atoms with Gasteiger partial charge in [-0.05, 0) is 24.3 Å². The minimum Gasteiger partial charge on any atom is -0.288 e. The number of ketones is 1. The molecule has 0 aliphatic heterocycles. The SMILES string of the molecule is O=C1C=CC2C=CC=CC2/C1=N/Nc1cc(C(F)(F)F)ccc1S(=O)(=O)O. The first-order valence-electron chi connectivity index (χ1n) is 7.67. The minimum atomic E-state index is -4.81. The van der Waals surface area contributed by atoms with Gasteiger partial charge >= 0.3 is 6.18 Å². The van der Waals surface area contributed by atoms with E-state index in [1.54, 1.807) is 24.3 Å². The number of anilines is 1. The summed E-state index contributed by atoms with van der Waals surface area (Å²) >= 11 is 0. The van der Waals surface area contributed by atoms with Crippen LogP contribution in [0.4, 0.5) is 18.9 Å². The Bertz CT molecular complexity index is 1010. The molecule has 2 atom stereocenters. The Morgan fingerprint density at radius 1 is 1.11 bits per heavy atom. The lowest BCUT2D eigenvalue weighted by atomic mass is 9.79. The second kappa shape index (κ2) is 6.78. The fourth-order valence-corrected chi connectivity index (χ4v) is 3.42. The zero-order valence-electron chi connectivity index (χ0n) is 13.5. The molecule has 0 radical (unpaired) electrons. The lowest BCUT2D eigenvalue weighted by molar-refractivity contribution is -0.137. The van der Waals surface area contributed by atoms with E-state index in [0.717, 1.165) is 0 Å². The van der Waals surface area contributed by atoms with Gasteiger partial charge in [0.05, 0.1) is 11.3 Å². The van der Waals surface area contributed by atoms with Crippen LogP contribution in [-0.2, 0) is 21.1 Å². The summed E-state index contributed by atoms with van der Waals surface area (Å²) in [7, 11) is -4.81. The Morgan fingerprint density at radius 3 is 2.48 bits per heavy atom. The van der Waals surface area contributed by atoms with E-state index in [1.807, 2.05) is 6.08 Å². The van der Waals surface area contributed by atoms with Crippen LogP contribution in [0.3, 0.4) is 0 Å². The van der Waals surface area contributed by atoms with Crippen molar-refractivity contribution in [2.24, 2.45) is 16.9 Å². The van der Waals surface area contributed by atoms with Gasteiger partial charge in [-0.25, -0.2) is 0 Å². The first-order valence-corrected chi connectivity index (χ1v) is 9.11. The second-order valence-corrected chi connectivity index (χ2v) is 7.28. The van der Waals surface area contributed by atoms with E-state index in [4.69, 9.17) is 0 Å². The third-order valence-electron chi connectivity index (χ3n) is 4.10. The molecular weight excluding hydrogens is 385 g/mol. The van der Waals surface area contributed by atoms with E-state index in [9.17, 15) is 30.9 Å². The molecule has 2 aliphatic rings. The van der Waals surface area contributed by atoms with Crippen LogP contribution in [0.25, 0.3) is 0 Å². The summed E-state index contributed by atoms with van der Waals surface area (Å²) in [5, 5.41) is 3.85. The van der Waals surface area contributed by atoms with Gasteiger partial charge in [0.2, 0.25) is 5.78 Å². The molecule has 0 bridgehead atoms. The van der Waals surface area contributed by atoms with Crippen LogP contribution in [-0.4, -0.2) is 24.5 Å². The number of nitrogens with zero attached hydrogens (tertiary/aromatic N) is 1. The first-order chi connectivity index (χ1) is 12.6. The van der Waals surface area contributed by atoms with Crippen molar-refractivity contribution < 1.29 is 30.9 Å². The van der Waals surface area contributed by atoms with E-state index in [-0.39, 0.29) is 11.6 Å². The lowest BCUT2D eigenvalue weighted by Gasteiger charge is -2.25. The quantitative estimate of drug-likeness (QED) is 0.602. The van der Waals surface area contributed by atoms with Crippen molar-refractivity contribution in [2.75, 3.05) is 5.43 Å². The second-order valence-electron chi connectivity index (χ2n) is 5.89. The lowest BCUT2D eigenvalue weighted by Crippen LogP contribution is -2.31. The monoisotopic (exact) mass is 398 g/mol. The van der Waals surface area contributed by atoms with Crippen LogP contribution in [0.1, 0.15) is 5.56 Å². The molecule has 3 rings (SSSR count). The van der Waals surface area contributed by atoms with E-state index in [1.165, 1.54) is 6.08 Å². The Balaban J connectivity index is 2.02. The van der Waals surface area contributed by atoms with Crippen LogP contribution in [0.15, 0.2) is 64.7 Å². The maximum atomic E-state index is 12.9. The molecule has 6 nitrogen and oxygen atoms in total. The van der Waals surface area contributed by atoms with Crippen LogP contribution in [0, 0.1) is 11.8 Å². The standard InChI is InChI=1S/C17H13F3N2O4S/c18-17(19,20)11-6-8-15(27(24,25)26)13(9-11)21-22-16-12-4-2-1-3-10(12)5-7-14(16)23/h1-10,12,21H,(H,24,25,26)/b22-16-. The molecule has 1 aromatic rings. The molecule has 0 saturated heterocycles. The molecule has 2 N–H and O–H groups in total. The molecule has 0 amide bonds. The number of benzene rings is 1. The number of hydrazone groups is 1. The molecule has 0 saturated carbocycles. The number of carbonyl (C=O) groups excluding carboxylic acids is 1. The highest BCUT2D eigenvalue weighted by Crippen LogP contribution is 2.34. The van der Waals surface area contributed by atoms with Crippen molar-refractivity contribution in [3.05, 3.63) is 60.2 Å². The molecule has 2 unspecified atom stereocenters. The highest BCUT2D eigenvalue weighted by atomic mass is 32.2. The number of halogens is 3. The number of alkyl halides is 3. The number of hydrogen-bond acceptors (Lipinski definition) is 5. The van der Waals surface area contributed by atoms with E-state index >= 15 is 0 Å². The molecule has 142 valence electrons. The molecule has 1 aromatic carbocycles. The molecular formula is C17H13F3N2O4S. The average molecular weight is 398 g/mol. The van der Waals surface area contributed by atoms with Gasteiger partial charge in [-0.3, -0.25) is 14.8 Å². The predicted molar refractivity (Wildman–Crippen MR) is 91.7 cm³/mol. The van der Waals surface area contributed by atoms with Crippen molar-refractivity contribution in [1.82, 2.24) is 0 Å². The first kappa shape index (κ1) is 19.1. The molecule has 0 heterocycles. The molecule has 2 aliphatic carbocycles. The molecule has 10 heteroatoms. The highest BCUT2D eigenvalue weighted by molar-refractivity contribution is 7.86. The van der Waals surface area contributed by atoms with Crippen LogP contribution in [0.5, 0.6) is 0 Å². The summed E-state index contributed by atoms with van der Waals surface area (Å²) < 4.78 is 70.9. The summed E-state index contributed by atoms with van der Waals surface area (Å²) in [6, 6.07) is 1.65. The summed E-state index contributed by atoms with van der Waals surface area (Å²) in [5.41, 5.74) is 0.495. The summed E-state index contributed by atoms with van der Waals surface area (Å²) in [5.74, 6) is -1.03. The maximum absolute atomic E-state index is 12.9. The zero-order chi connectivity index (χ0) is 19.8. The van der Waals surface area contributed by atoms with Crippen molar-refractivity contribution in [3.8, 4) is 0 Å². The number of rotatable bonds is 3. The molecule has 0 aromatic heterocycles. The largest absolute Gasteiger partial charge is 0.416 e. The minimum absolute atomic E-state index is 0.0156. The van der Waals surface area contributed by atoms with Crippen molar-refractivity contribution in [1.29, 1.82) is 0 Å². The van der Waals surface area contributed by atoms with Gasteiger partial charge in [0.1, 0.15) is 10.6 Å². The fraction of sp³-hybridized carbons (Fsp3) is 0.176. The van der Waals surface area contributed by atoms with Crippen molar-refractivity contribution in [3.63, 3.8) is 0 Å². The van der Waals surface area contributed by atoms with Crippen LogP contribution in [0.2, 0.25) is 0 Å². The Kier molecular flexibility index (Phi) is 4.79. The summed E-state index contributed by atoms with van der Waals surface area (Å²) in [6.45, 7) is 0. The third kappa shape index (κ3) is 4.01. The Morgan fingerprint density at radius 2 is 1.81 bits per heavy atom. The normalized spacial score (nSPS) is 23.6. The third-order valence-corrected chi connectivity index (χ3v) is 5.01. The van der Waals surface area contributed by atoms with Crippen molar-refractivity contribution >= 4 is 27.3 Å². The fourth-order valence-electron chi connectivity index (χ4n) is 2.80. The maximum Gasteiger partial charge on any atom is 0.416 e. The van der Waals surface area contributed by atoms with Gasteiger partial charge in [-0.15, -0.1) is 0 Å². The predicted octanol–water partition coefficient (Wildman–Crippen LogP) is 3.22. The summed E-state index contributed by atoms with van der Waals surface area (Å²) in [4.78, 5) is 11.3. The molecule has 0 spiro atoms. The number of allylic oxidation sites excluding steroid dienone is 6.